The van der Waals surface area contributed by atoms with E-state index in [4.69, 9.17) is 0 Å². The lowest BCUT2D eigenvalue weighted by atomic mass is 10.1. The Kier molecular flexibility index (Phi) is 3.12. The fourth-order valence-electron chi connectivity index (χ4n) is 2.50. The van der Waals surface area contributed by atoms with Gasteiger partial charge in [0.15, 0.2) is 17.5 Å². The van der Waals surface area contributed by atoms with Crippen LogP contribution in [0.2, 0.25) is 0 Å². The summed E-state index contributed by atoms with van der Waals surface area (Å²) in [5.74, 6) is -0.756. The van der Waals surface area contributed by atoms with Crippen molar-refractivity contribution in [1.82, 2.24) is 14.5 Å². The maximum atomic E-state index is 13.5. The molecule has 0 saturated carbocycles. The van der Waals surface area contributed by atoms with Crippen molar-refractivity contribution in [1.29, 1.82) is 0 Å². The van der Waals surface area contributed by atoms with Crippen LogP contribution < -0.4 is 0 Å². The first-order valence-corrected chi connectivity index (χ1v) is 7.08. The molecule has 2 heterocycles. The average molecular weight is 307 g/mol. The predicted molar refractivity (Wildman–Crippen MR) is 84.2 cm³/mol. The van der Waals surface area contributed by atoms with Crippen LogP contribution in [-0.2, 0) is 0 Å². The number of hydrogen-bond donors (Lipinski definition) is 0. The zero-order chi connectivity index (χ0) is 15.8. The molecule has 2 aromatic carbocycles. The van der Waals surface area contributed by atoms with Crippen LogP contribution in [-0.4, -0.2) is 14.5 Å². The van der Waals surface area contributed by atoms with Gasteiger partial charge in [-0.15, -0.1) is 0 Å². The highest BCUT2D eigenvalue weighted by Crippen LogP contribution is 2.25. The summed E-state index contributed by atoms with van der Waals surface area (Å²) in [5, 5.41) is 0.884. The molecule has 23 heavy (non-hydrogen) atoms. The first kappa shape index (κ1) is 13.6. The van der Waals surface area contributed by atoms with E-state index in [-0.39, 0.29) is 0 Å². The summed E-state index contributed by atoms with van der Waals surface area (Å²) in [6.07, 6.45) is 3.76. The highest BCUT2D eigenvalue weighted by Gasteiger charge is 2.12. The lowest BCUT2D eigenvalue weighted by molar-refractivity contribution is 0.509. The van der Waals surface area contributed by atoms with Gasteiger partial charge in [0.2, 0.25) is 0 Å². The van der Waals surface area contributed by atoms with Crippen LogP contribution in [0.1, 0.15) is 0 Å². The van der Waals surface area contributed by atoms with Crippen molar-refractivity contribution in [2.24, 2.45) is 0 Å². The predicted octanol–water partition coefficient (Wildman–Crippen LogP) is 4.37. The number of nitrogens with zero attached hydrogens (tertiary/aromatic N) is 3. The fourth-order valence-corrected chi connectivity index (χ4v) is 2.50. The molecule has 0 atom stereocenters. The van der Waals surface area contributed by atoms with Crippen LogP contribution in [0.3, 0.4) is 0 Å². The van der Waals surface area contributed by atoms with Crippen molar-refractivity contribution in [3.05, 3.63) is 78.6 Å². The van der Waals surface area contributed by atoms with E-state index >= 15 is 0 Å². The van der Waals surface area contributed by atoms with Gasteiger partial charge in [-0.3, -0.25) is 0 Å². The lowest BCUT2D eigenvalue weighted by Crippen LogP contribution is -2.01. The molecule has 0 saturated heterocycles. The largest absolute Gasteiger partial charge is 0.308 e. The van der Waals surface area contributed by atoms with E-state index < -0.39 is 11.6 Å². The number of para-hydroxylation sites is 1. The number of halogens is 2. The highest BCUT2D eigenvalue weighted by atomic mass is 19.2. The zero-order valence-corrected chi connectivity index (χ0v) is 11.9. The van der Waals surface area contributed by atoms with Crippen LogP contribution in [0.25, 0.3) is 28.1 Å². The van der Waals surface area contributed by atoms with Gasteiger partial charge in [-0.25, -0.2) is 18.7 Å². The third-order valence-corrected chi connectivity index (χ3v) is 3.61. The van der Waals surface area contributed by atoms with Crippen molar-refractivity contribution >= 4 is 10.9 Å². The van der Waals surface area contributed by atoms with E-state index in [9.17, 15) is 8.78 Å². The number of fused-ring (bicyclic) bond motifs is 1. The van der Waals surface area contributed by atoms with Crippen LogP contribution in [0, 0.1) is 11.6 Å². The Labute approximate surface area is 130 Å². The smallest absolute Gasteiger partial charge is 0.162 e. The van der Waals surface area contributed by atoms with E-state index in [2.05, 4.69) is 9.97 Å². The average Bonchev–Trinajstić information content (AvgIpc) is 3.11. The maximum Gasteiger partial charge on any atom is 0.162 e. The Bertz CT molecular complexity index is 995. The quantitative estimate of drug-likeness (QED) is 0.550. The van der Waals surface area contributed by atoms with E-state index in [1.807, 2.05) is 53.4 Å². The molecule has 4 rings (SSSR count). The minimum Gasteiger partial charge on any atom is -0.308 e. The van der Waals surface area contributed by atoms with Gasteiger partial charge in [0.1, 0.15) is 5.82 Å². The Morgan fingerprint density at radius 2 is 1.57 bits per heavy atom. The molecule has 0 spiro atoms. The van der Waals surface area contributed by atoms with E-state index in [0.717, 1.165) is 23.0 Å². The topological polar surface area (TPSA) is 30.7 Å². The molecule has 112 valence electrons. The Morgan fingerprint density at radius 3 is 2.35 bits per heavy atom. The van der Waals surface area contributed by atoms with E-state index in [1.165, 1.54) is 6.07 Å². The molecule has 0 unspecified atom stereocenters. The van der Waals surface area contributed by atoms with Crippen molar-refractivity contribution in [2.75, 3.05) is 0 Å². The van der Waals surface area contributed by atoms with E-state index in [0.29, 0.717) is 17.2 Å². The minimum absolute atomic E-state index is 0.353. The molecule has 3 nitrogen and oxygen atoms in total. The second-order valence-corrected chi connectivity index (χ2v) is 5.11. The minimum atomic E-state index is -0.915. The van der Waals surface area contributed by atoms with Crippen molar-refractivity contribution in [3.63, 3.8) is 0 Å². The van der Waals surface area contributed by atoms with Gasteiger partial charge in [-0.05, 0) is 42.5 Å². The Morgan fingerprint density at radius 1 is 0.783 bits per heavy atom. The van der Waals surface area contributed by atoms with Crippen LogP contribution in [0.15, 0.2) is 67.0 Å². The Hall–Kier alpha value is -3.08. The molecule has 0 radical (unpaired) electrons. The van der Waals surface area contributed by atoms with Crippen LogP contribution in [0.4, 0.5) is 8.78 Å². The molecule has 4 aromatic rings. The number of benzene rings is 2. The zero-order valence-electron chi connectivity index (χ0n) is 11.9. The van der Waals surface area contributed by atoms with Crippen LogP contribution in [0.5, 0.6) is 0 Å². The Balaban J connectivity index is 1.99. The molecule has 2 aromatic heterocycles. The second-order valence-electron chi connectivity index (χ2n) is 5.11. The summed E-state index contributed by atoms with van der Waals surface area (Å²) in [6.45, 7) is 0. The number of aromatic nitrogens is 3. The normalized spacial score (nSPS) is 11.0. The van der Waals surface area contributed by atoms with Crippen molar-refractivity contribution in [2.45, 2.75) is 0 Å². The molecule has 0 fully saturated rings. The van der Waals surface area contributed by atoms with E-state index in [1.54, 1.807) is 0 Å². The molecular weight excluding hydrogens is 296 g/mol. The van der Waals surface area contributed by atoms with Gasteiger partial charge in [0.05, 0.1) is 5.52 Å². The molecule has 0 aliphatic rings. The molecule has 0 bridgehead atoms. The summed E-state index contributed by atoms with van der Waals surface area (Å²) in [5.41, 5.74) is 1.17. The molecule has 0 N–H and O–H groups in total. The number of rotatable bonds is 2. The maximum absolute atomic E-state index is 13.5. The second kappa shape index (κ2) is 5.28. The molecule has 0 amide bonds. The standard InChI is InChI=1S/C18H11F2N3/c19-14-8-7-12(11-15(14)20)17-21-16-6-2-1-5-13(16)18(22-17)23-9-3-4-10-23/h1-11H. The molecular formula is C18H11F2N3. The monoisotopic (exact) mass is 307 g/mol. The SMILES string of the molecule is Fc1ccc(-c2nc(-n3cccc3)c3ccccc3n2)cc1F. The molecule has 0 aliphatic carbocycles. The van der Waals surface area contributed by atoms with Gasteiger partial charge < -0.3 is 4.57 Å². The van der Waals surface area contributed by atoms with Gasteiger partial charge in [-0.1, -0.05) is 12.1 Å². The number of hydrogen-bond acceptors (Lipinski definition) is 2. The van der Waals surface area contributed by atoms with Crippen LogP contribution >= 0.6 is 0 Å². The summed E-state index contributed by atoms with van der Waals surface area (Å²) >= 11 is 0. The third-order valence-electron chi connectivity index (χ3n) is 3.61. The first-order chi connectivity index (χ1) is 11.2. The third kappa shape index (κ3) is 2.36. The fraction of sp³-hybridized carbons (Fsp3) is 0. The summed E-state index contributed by atoms with van der Waals surface area (Å²) in [7, 11) is 0. The van der Waals surface area contributed by atoms with Gasteiger partial charge in [0, 0.05) is 23.3 Å². The summed E-state index contributed by atoms with van der Waals surface area (Å²) < 4.78 is 28.5. The van der Waals surface area contributed by atoms with Crippen molar-refractivity contribution in [3.8, 4) is 17.2 Å². The molecule has 0 aliphatic heterocycles. The summed E-state index contributed by atoms with van der Waals surface area (Å²) in [4.78, 5) is 9.02. The van der Waals surface area contributed by atoms with Crippen molar-refractivity contribution < 1.29 is 8.78 Å². The summed E-state index contributed by atoms with van der Waals surface area (Å²) in [6, 6.07) is 15.1. The van der Waals surface area contributed by atoms with Gasteiger partial charge >= 0.3 is 0 Å². The molecule has 5 heteroatoms. The lowest BCUT2D eigenvalue weighted by Gasteiger charge is -2.10. The highest BCUT2D eigenvalue weighted by molar-refractivity contribution is 5.87. The van der Waals surface area contributed by atoms with Gasteiger partial charge in [-0.2, -0.15) is 0 Å². The van der Waals surface area contributed by atoms with Gasteiger partial charge in [0.25, 0.3) is 0 Å². The first-order valence-electron chi connectivity index (χ1n) is 7.08.